The molecule has 0 radical (unpaired) electrons. The molecule has 0 saturated carbocycles. The summed E-state index contributed by atoms with van der Waals surface area (Å²) in [6, 6.07) is 4.69. The monoisotopic (exact) mass is 247 g/mol. The number of hydrogen-bond acceptors (Lipinski definition) is 2. The van der Waals surface area contributed by atoms with E-state index in [-0.39, 0.29) is 5.82 Å². The van der Waals surface area contributed by atoms with Gasteiger partial charge in [0.25, 0.3) is 0 Å². The van der Waals surface area contributed by atoms with Gasteiger partial charge in [0, 0.05) is 19.0 Å². The van der Waals surface area contributed by atoms with Crippen LogP contribution in [-0.4, -0.2) is 9.55 Å². The molecule has 96 valence electrons. The molecule has 3 nitrogen and oxygen atoms in total. The summed E-state index contributed by atoms with van der Waals surface area (Å²) in [6.07, 6.45) is 1.88. The van der Waals surface area contributed by atoms with Crippen LogP contribution < -0.4 is 5.73 Å². The molecular formula is C14H18FN3. The number of benzene rings is 1. The quantitative estimate of drug-likeness (QED) is 0.905. The van der Waals surface area contributed by atoms with Crippen molar-refractivity contribution in [3.05, 3.63) is 35.4 Å². The number of anilines is 1. The predicted octanol–water partition coefficient (Wildman–Crippen LogP) is 3.07. The van der Waals surface area contributed by atoms with Gasteiger partial charge in [0.2, 0.25) is 0 Å². The van der Waals surface area contributed by atoms with E-state index in [2.05, 4.69) is 11.9 Å². The SMILES string of the molecule is CCCc1nc(-c2cc(F)ccc2C)c(N)n1C. The van der Waals surface area contributed by atoms with Crippen molar-refractivity contribution in [3.63, 3.8) is 0 Å². The van der Waals surface area contributed by atoms with Crippen LogP contribution in [0.25, 0.3) is 11.3 Å². The molecule has 2 N–H and O–H groups in total. The molecule has 0 fully saturated rings. The zero-order chi connectivity index (χ0) is 13.3. The third-order valence-electron chi connectivity index (χ3n) is 3.16. The summed E-state index contributed by atoms with van der Waals surface area (Å²) in [5, 5.41) is 0. The van der Waals surface area contributed by atoms with Gasteiger partial charge in [-0.05, 0) is 31.0 Å². The van der Waals surface area contributed by atoms with Crippen molar-refractivity contribution in [2.24, 2.45) is 7.05 Å². The summed E-state index contributed by atoms with van der Waals surface area (Å²) in [4.78, 5) is 4.54. The highest BCUT2D eigenvalue weighted by molar-refractivity contribution is 5.73. The zero-order valence-corrected chi connectivity index (χ0v) is 11.0. The maximum Gasteiger partial charge on any atom is 0.131 e. The molecule has 0 bridgehead atoms. The number of nitrogen functional groups attached to an aromatic ring is 1. The molecule has 0 amide bonds. The van der Waals surface area contributed by atoms with Crippen molar-refractivity contribution in [1.29, 1.82) is 0 Å². The van der Waals surface area contributed by atoms with E-state index in [1.807, 2.05) is 18.5 Å². The first-order valence-corrected chi connectivity index (χ1v) is 6.12. The molecule has 4 heteroatoms. The number of hydrogen-bond donors (Lipinski definition) is 1. The van der Waals surface area contributed by atoms with Crippen LogP contribution in [-0.2, 0) is 13.5 Å². The van der Waals surface area contributed by atoms with Crippen molar-refractivity contribution in [1.82, 2.24) is 9.55 Å². The van der Waals surface area contributed by atoms with Crippen molar-refractivity contribution in [2.75, 3.05) is 5.73 Å². The van der Waals surface area contributed by atoms with E-state index in [9.17, 15) is 4.39 Å². The number of nitrogens with zero attached hydrogens (tertiary/aromatic N) is 2. The molecule has 1 heterocycles. The van der Waals surface area contributed by atoms with Gasteiger partial charge in [-0.1, -0.05) is 13.0 Å². The van der Waals surface area contributed by atoms with Gasteiger partial charge in [0.1, 0.15) is 23.2 Å². The normalized spacial score (nSPS) is 10.9. The smallest absolute Gasteiger partial charge is 0.131 e. The van der Waals surface area contributed by atoms with Gasteiger partial charge in [-0.15, -0.1) is 0 Å². The Kier molecular flexibility index (Phi) is 3.36. The molecule has 18 heavy (non-hydrogen) atoms. The molecule has 2 aromatic rings. The van der Waals surface area contributed by atoms with E-state index in [0.29, 0.717) is 11.5 Å². The molecule has 0 aliphatic heterocycles. The summed E-state index contributed by atoms with van der Waals surface area (Å²) < 4.78 is 15.2. The van der Waals surface area contributed by atoms with Crippen LogP contribution in [0.2, 0.25) is 0 Å². The molecule has 2 rings (SSSR count). The minimum Gasteiger partial charge on any atom is -0.383 e. The molecule has 0 aliphatic rings. The second-order valence-corrected chi connectivity index (χ2v) is 4.53. The summed E-state index contributed by atoms with van der Waals surface area (Å²) in [6.45, 7) is 4.03. The third-order valence-corrected chi connectivity index (χ3v) is 3.16. The zero-order valence-electron chi connectivity index (χ0n) is 11.0. The van der Waals surface area contributed by atoms with Gasteiger partial charge in [-0.2, -0.15) is 0 Å². The minimum atomic E-state index is -0.266. The highest BCUT2D eigenvalue weighted by Crippen LogP contribution is 2.29. The van der Waals surface area contributed by atoms with Crippen molar-refractivity contribution >= 4 is 5.82 Å². The Bertz CT molecular complexity index is 573. The lowest BCUT2D eigenvalue weighted by atomic mass is 10.1. The summed E-state index contributed by atoms with van der Waals surface area (Å²) in [7, 11) is 1.89. The predicted molar refractivity (Wildman–Crippen MR) is 71.7 cm³/mol. The summed E-state index contributed by atoms with van der Waals surface area (Å²) >= 11 is 0. The van der Waals surface area contributed by atoms with E-state index in [4.69, 9.17) is 5.73 Å². The largest absolute Gasteiger partial charge is 0.383 e. The number of aromatic nitrogens is 2. The van der Waals surface area contributed by atoms with Gasteiger partial charge in [0.15, 0.2) is 0 Å². The van der Waals surface area contributed by atoms with Gasteiger partial charge < -0.3 is 10.3 Å². The van der Waals surface area contributed by atoms with E-state index < -0.39 is 0 Å². The van der Waals surface area contributed by atoms with Crippen LogP contribution in [0.3, 0.4) is 0 Å². The van der Waals surface area contributed by atoms with Crippen molar-refractivity contribution in [2.45, 2.75) is 26.7 Å². The average Bonchev–Trinajstić information content (AvgIpc) is 2.61. The number of rotatable bonds is 3. The number of imidazole rings is 1. The fourth-order valence-corrected chi connectivity index (χ4v) is 2.05. The maximum atomic E-state index is 13.3. The lowest BCUT2D eigenvalue weighted by Crippen LogP contribution is -2.01. The Balaban J connectivity index is 2.57. The van der Waals surface area contributed by atoms with Gasteiger partial charge in [-0.25, -0.2) is 9.37 Å². The molecule has 0 unspecified atom stereocenters. The topological polar surface area (TPSA) is 43.8 Å². The van der Waals surface area contributed by atoms with Gasteiger partial charge in [0.05, 0.1) is 0 Å². The summed E-state index contributed by atoms with van der Waals surface area (Å²) in [5.74, 6) is 1.26. The Labute approximate surface area is 106 Å². The van der Waals surface area contributed by atoms with Crippen molar-refractivity contribution in [3.8, 4) is 11.3 Å². The van der Waals surface area contributed by atoms with Crippen LogP contribution in [0.5, 0.6) is 0 Å². The first-order chi connectivity index (χ1) is 8.54. The standard InChI is InChI=1S/C14H18FN3/c1-4-5-12-17-13(14(16)18(12)3)11-8-10(15)7-6-9(11)2/h6-8H,4-5,16H2,1-3H3. The number of nitrogens with two attached hydrogens (primary N) is 1. The van der Waals surface area contributed by atoms with E-state index in [1.54, 1.807) is 6.07 Å². The lowest BCUT2D eigenvalue weighted by molar-refractivity contribution is 0.628. The van der Waals surface area contributed by atoms with Crippen LogP contribution >= 0.6 is 0 Å². The van der Waals surface area contributed by atoms with Crippen LogP contribution in [0.1, 0.15) is 24.7 Å². The van der Waals surface area contributed by atoms with Gasteiger partial charge >= 0.3 is 0 Å². The molecule has 0 saturated heterocycles. The highest BCUT2D eigenvalue weighted by atomic mass is 19.1. The molecule has 0 atom stereocenters. The Morgan fingerprint density at radius 2 is 2.11 bits per heavy atom. The summed E-state index contributed by atoms with van der Waals surface area (Å²) in [5.41, 5.74) is 8.49. The highest BCUT2D eigenvalue weighted by Gasteiger charge is 2.15. The minimum absolute atomic E-state index is 0.266. The average molecular weight is 247 g/mol. The van der Waals surface area contributed by atoms with Crippen LogP contribution in [0, 0.1) is 12.7 Å². The Hall–Kier alpha value is -1.84. The fourth-order valence-electron chi connectivity index (χ4n) is 2.05. The first kappa shape index (κ1) is 12.6. The fraction of sp³-hybridized carbons (Fsp3) is 0.357. The molecule has 0 spiro atoms. The van der Waals surface area contributed by atoms with E-state index in [0.717, 1.165) is 29.8 Å². The molecular weight excluding hydrogens is 229 g/mol. The lowest BCUT2D eigenvalue weighted by Gasteiger charge is -2.04. The third kappa shape index (κ3) is 2.10. The van der Waals surface area contributed by atoms with Crippen LogP contribution in [0.15, 0.2) is 18.2 Å². The maximum absolute atomic E-state index is 13.3. The second-order valence-electron chi connectivity index (χ2n) is 4.53. The Morgan fingerprint density at radius 1 is 1.39 bits per heavy atom. The van der Waals surface area contributed by atoms with E-state index in [1.165, 1.54) is 12.1 Å². The second kappa shape index (κ2) is 4.80. The molecule has 1 aromatic heterocycles. The van der Waals surface area contributed by atoms with Crippen LogP contribution in [0.4, 0.5) is 10.2 Å². The first-order valence-electron chi connectivity index (χ1n) is 6.12. The molecule has 1 aromatic carbocycles. The van der Waals surface area contributed by atoms with Crippen molar-refractivity contribution < 1.29 is 4.39 Å². The number of aryl methyl sites for hydroxylation is 2. The number of halogens is 1. The van der Waals surface area contributed by atoms with E-state index >= 15 is 0 Å². The molecule has 0 aliphatic carbocycles. The Morgan fingerprint density at radius 3 is 2.78 bits per heavy atom. The van der Waals surface area contributed by atoms with Gasteiger partial charge in [-0.3, -0.25) is 0 Å².